The lowest BCUT2D eigenvalue weighted by atomic mass is 10.0. The minimum atomic E-state index is -4.37. The van der Waals surface area contributed by atoms with Crippen LogP contribution in [0.5, 0.6) is 0 Å². The topological polar surface area (TPSA) is 47.5 Å². The Labute approximate surface area is 159 Å². The van der Waals surface area contributed by atoms with Gasteiger partial charge in [0.05, 0.1) is 18.8 Å². The summed E-state index contributed by atoms with van der Waals surface area (Å²) in [6.45, 7) is 2.47. The van der Waals surface area contributed by atoms with Gasteiger partial charge < -0.3 is 14.4 Å². The molecule has 0 bridgehead atoms. The van der Waals surface area contributed by atoms with E-state index in [1.165, 1.54) is 12.1 Å². The minimum Gasteiger partial charge on any atom is -0.356 e. The number of piperidine rings is 1. The molecule has 0 radical (unpaired) electrons. The predicted molar refractivity (Wildman–Crippen MR) is 93.6 cm³/mol. The summed E-state index contributed by atoms with van der Waals surface area (Å²) >= 11 is 5.98. The Bertz CT molecular complexity index is 814. The molecule has 0 aliphatic carbocycles. The third kappa shape index (κ3) is 3.74. The van der Waals surface area contributed by atoms with Crippen LogP contribution >= 0.6 is 11.6 Å². The molecule has 2 saturated heterocycles. The molecule has 1 spiro atoms. The quantitative estimate of drug-likeness (QED) is 0.710. The van der Waals surface area contributed by atoms with Gasteiger partial charge in [-0.2, -0.15) is 18.2 Å². The fourth-order valence-corrected chi connectivity index (χ4v) is 3.61. The maximum absolute atomic E-state index is 12.8. The molecule has 0 amide bonds. The molecule has 0 N–H and O–H groups in total. The van der Waals surface area contributed by atoms with Crippen LogP contribution in [0, 0.1) is 0 Å². The van der Waals surface area contributed by atoms with Crippen molar-refractivity contribution in [1.82, 2.24) is 9.97 Å². The number of anilines is 1. The molecule has 2 aromatic rings. The van der Waals surface area contributed by atoms with Gasteiger partial charge in [-0.25, -0.2) is 4.98 Å². The van der Waals surface area contributed by atoms with Crippen molar-refractivity contribution in [2.45, 2.75) is 24.8 Å². The summed E-state index contributed by atoms with van der Waals surface area (Å²) in [5.74, 6) is 0.0737. The van der Waals surface area contributed by atoms with E-state index in [4.69, 9.17) is 21.1 Å². The molecular weight excluding hydrogens is 383 g/mol. The van der Waals surface area contributed by atoms with E-state index in [1.807, 2.05) is 4.90 Å². The number of aromatic nitrogens is 2. The fourth-order valence-electron chi connectivity index (χ4n) is 3.48. The van der Waals surface area contributed by atoms with E-state index in [0.717, 1.165) is 12.1 Å². The van der Waals surface area contributed by atoms with Crippen LogP contribution in [0.15, 0.2) is 30.5 Å². The summed E-state index contributed by atoms with van der Waals surface area (Å²) in [5, 5.41) is 0.0920. The van der Waals surface area contributed by atoms with Gasteiger partial charge >= 0.3 is 6.18 Å². The van der Waals surface area contributed by atoms with Crippen LogP contribution in [-0.2, 0) is 15.7 Å². The fraction of sp³-hybridized carbons (Fsp3) is 0.444. The third-order valence-corrected chi connectivity index (χ3v) is 5.08. The molecule has 2 aliphatic rings. The number of alkyl halides is 3. The van der Waals surface area contributed by atoms with Crippen molar-refractivity contribution < 1.29 is 22.6 Å². The van der Waals surface area contributed by atoms with Crippen LogP contribution in [0.4, 0.5) is 19.0 Å². The Morgan fingerprint density at radius 3 is 2.26 bits per heavy atom. The Morgan fingerprint density at radius 1 is 1.04 bits per heavy atom. The highest BCUT2D eigenvalue weighted by Gasteiger charge is 2.40. The van der Waals surface area contributed by atoms with E-state index in [9.17, 15) is 13.2 Å². The summed E-state index contributed by atoms with van der Waals surface area (Å²) in [5.41, 5.74) is 0.541. The number of benzene rings is 1. The van der Waals surface area contributed by atoms with Crippen molar-refractivity contribution in [1.29, 1.82) is 0 Å². The Kier molecular flexibility index (Phi) is 4.73. The van der Waals surface area contributed by atoms with Crippen molar-refractivity contribution >= 4 is 17.4 Å². The molecule has 144 valence electrons. The maximum Gasteiger partial charge on any atom is 0.416 e. The monoisotopic (exact) mass is 399 g/mol. The van der Waals surface area contributed by atoms with Gasteiger partial charge in [-0.3, -0.25) is 0 Å². The van der Waals surface area contributed by atoms with Crippen molar-refractivity contribution in [3.8, 4) is 11.1 Å². The van der Waals surface area contributed by atoms with Crippen LogP contribution in [-0.4, -0.2) is 42.1 Å². The zero-order chi connectivity index (χ0) is 19.1. The maximum atomic E-state index is 12.8. The summed E-state index contributed by atoms with van der Waals surface area (Å²) in [6.07, 6.45) is -1.47. The average Bonchev–Trinajstić information content (AvgIpc) is 3.10. The Balaban J connectivity index is 1.61. The second-order valence-electron chi connectivity index (χ2n) is 6.55. The zero-order valence-corrected chi connectivity index (χ0v) is 15.1. The lowest BCUT2D eigenvalue weighted by molar-refractivity contribution is -0.169. The van der Waals surface area contributed by atoms with E-state index in [0.29, 0.717) is 56.1 Å². The SMILES string of the molecule is FC(F)(F)c1ccc(-c2cnc(Cl)nc2N2CCC3(CC2)OCCO3)cc1. The first-order valence-electron chi connectivity index (χ1n) is 8.59. The van der Waals surface area contributed by atoms with Crippen molar-refractivity contribution in [2.75, 3.05) is 31.2 Å². The standard InChI is InChI=1S/C18H17ClF3N3O2/c19-16-23-11-14(12-1-3-13(4-2-12)18(20,21)22)15(24-16)25-7-5-17(6-8-25)26-9-10-27-17/h1-4,11H,5-10H2. The molecule has 27 heavy (non-hydrogen) atoms. The molecule has 1 aromatic heterocycles. The van der Waals surface area contributed by atoms with E-state index in [2.05, 4.69) is 9.97 Å². The highest BCUT2D eigenvalue weighted by atomic mass is 35.5. The van der Waals surface area contributed by atoms with E-state index >= 15 is 0 Å². The van der Waals surface area contributed by atoms with Crippen LogP contribution < -0.4 is 4.90 Å². The van der Waals surface area contributed by atoms with E-state index in [1.54, 1.807) is 6.20 Å². The molecule has 9 heteroatoms. The normalized spacial score (nSPS) is 19.6. The molecule has 0 unspecified atom stereocenters. The van der Waals surface area contributed by atoms with Gasteiger partial charge in [0.2, 0.25) is 5.28 Å². The lowest BCUT2D eigenvalue weighted by Gasteiger charge is -2.38. The molecule has 2 fully saturated rings. The smallest absolute Gasteiger partial charge is 0.356 e. The van der Waals surface area contributed by atoms with Gasteiger partial charge in [-0.15, -0.1) is 0 Å². The molecule has 5 nitrogen and oxygen atoms in total. The number of hydrogen-bond acceptors (Lipinski definition) is 5. The first-order valence-corrected chi connectivity index (χ1v) is 8.97. The summed E-state index contributed by atoms with van der Waals surface area (Å²) in [4.78, 5) is 10.4. The third-order valence-electron chi connectivity index (χ3n) is 4.90. The molecule has 1 aromatic carbocycles. The second kappa shape index (κ2) is 6.92. The predicted octanol–water partition coefficient (Wildman–Crippen LogP) is 4.16. The second-order valence-corrected chi connectivity index (χ2v) is 6.88. The highest BCUT2D eigenvalue weighted by molar-refractivity contribution is 6.28. The van der Waals surface area contributed by atoms with E-state index < -0.39 is 17.5 Å². The molecule has 2 aliphatic heterocycles. The van der Waals surface area contributed by atoms with Gasteiger partial charge in [0.25, 0.3) is 0 Å². The summed E-state index contributed by atoms with van der Waals surface area (Å²) in [6, 6.07) is 4.96. The van der Waals surface area contributed by atoms with Gasteiger partial charge in [0.1, 0.15) is 5.82 Å². The van der Waals surface area contributed by atoms with Gasteiger partial charge in [0.15, 0.2) is 5.79 Å². The number of nitrogens with zero attached hydrogens (tertiary/aromatic N) is 3. The van der Waals surface area contributed by atoms with E-state index in [-0.39, 0.29) is 5.28 Å². The molecule has 3 heterocycles. The van der Waals surface area contributed by atoms with Crippen molar-refractivity contribution in [3.05, 3.63) is 41.3 Å². The number of ether oxygens (including phenoxy) is 2. The molecular formula is C18H17ClF3N3O2. The lowest BCUT2D eigenvalue weighted by Crippen LogP contribution is -2.45. The van der Waals surface area contributed by atoms with Crippen LogP contribution in [0.1, 0.15) is 18.4 Å². The highest BCUT2D eigenvalue weighted by Crippen LogP contribution is 2.37. The number of halogens is 4. The van der Waals surface area contributed by atoms with Crippen molar-refractivity contribution in [3.63, 3.8) is 0 Å². The summed E-state index contributed by atoms with van der Waals surface area (Å²) in [7, 11) is 0. The Hall–Kier alpha value is -1.90. The van der Waals surface area contributed by atoms with Gasteiger partial charge in [0, 0.05) is 37.7 Å². The van der Waals surface area contributed by atoms with Gasteiger partial charge in [-0.1, -0.05) is 12.1 Å². The number of rotatable bonds is 2. The number of hydrogen-bond donors (Lipinski definition) is 0. The summed E-state index contributed by atoms with van der Waals surface area (Å²) < 4.78 is 49.9. The first kappa shape index (κ1) is 18.5. The van der Waals surface area contributed by atoms with Crippen molar-refractivity contribution in [2.24, 2.45) is 0 Å². The molecule has 4 rings (SSSR count). The average molecular weight is 400 g/mol. The first-order chi connectivity index (χ1) is 12.9. The molecule has 0 atom stereocenters. The van der Waals surface area contributed by atoms with Gasteiger partial charge in [-0.05, 0) is 29.3 Å². The van der Waals surface area contributed by atoms with Crippen LogP contribution in [0.3, 0.4) is 0 Å². The molecule has 0 saturated carbocycles. The largest absolute Gasteiger partial charge is 0.416 e. The zero-order valence-electron chi connectivity index (χ0n) is 14.3. The minimum absolute atomic E-state index is 0.0920. The van der Waals surface area contributed by atoms with Crippen LogP contribution in [0.2, 0.25) is 5.28 Å². The van der Waals surface area contributed by atoms with Crippen LogP contribution in [0.25, 0.3) is 11.1 Å². The Morgan fingerprint density at radius 2 is 1.67 bits per heavy atom.